The molecule has 0 unspecified atom stereocenters. The van der Waals surface area contributed by atoms with Gasteiger partial charge in [-0.25, -0.2) is 10.0 Å². The molecule has 1 amide bonds. The summed E-state index contributed by atoms with van der Waals surface area (Å²) in [6.07, 6.45) is -4.41. The molecule has 3 aromatic rings. The lowest BCUT2D eigenvalue weighted by molar-refractivity contribution is -0.137. The first-order chi connectivity index (χ1) is 13.2. The van der Waals surface area contributed by atoms with Crippen LogP contribution in [0, 0.1) is 0 Å². The second kappa shape index (κ2) is 7.47. The first-order valence-corrected chi connectivity index (χ1v) is 8.23. The molecule has 0 bridgehead atoms. The fourth-order valence-electron chi connectivity index (χ4n) is 2.74. The molecule has 2 aromatic carbocycles. The number of rotatable bonds is 4. The summed E-state index contributed by atoms with van der Waals surface area (Å²) in [7, 11) is 4.35. The zero-order chi connectivity index (χ0) is 20.5. The van der Waals surface area contributed by atoms with Crippen LogP contribution in [0.25, 0.3) is 22.2 Å². The van der Waals surface area contributed by atoms with Gasteiger partial charge in [-0.3, -0.25) is 9.63 Å². The van der Waals surface area contributed by atoms with Gasteiger partial charge in [0.1, 0.15) is 5.75 Å². The average molecular weight is 390 g/mol. The molecular formula is C20H17F3N2O3. The van der Waals surface area contributed by atoms with Gasteiger partial charge in [0.2, 0.25) is 0 Å². The minimum atomic E-state index is -4.41. The quantitative estimate of drug-likeness (QED) is 0.613. The van der Waals surface area contributed by atoms with Gasteiger partial charge in [-0.15, -0.1) is 0 Å². The first kappa shape index (κ1) is 19.6. The summed E-state index contributed by atoms with van der Waals surface area (Å²) >= 11 is 0. The third-order valence-electron chi connectivity index (χ3n) is 4.31. The van der Waals surface area contributed by atoms with Crippen LogP contribution in [-0.4, -0.2) is 37.2 Å². The molecule has 0 aliphatic rings. The second-order valence-corrected chi connectivity index (χ2v) is 6.00. The van der Waals surface area contributed by atoms with Crippen LogP contribution in [0.2, 0.25) is 0 Å². The monoisotopic (exact) mass is 390 g/mol. The molecule has 0 fully saturated rings. The maximum atomic E-state index is 12.8. The molecular weight excluding hydrogens is 373 g/mol. The molecule has 28 heavy (non-hydrogen) atoms. The molecule has 1 heterocycles. The molecule has 0 saturated carbocycles. The topological polar surface area (TPSA) is 51.7 Å². The van der Waals surface area contributed by atoms with Crippen molar-refractivity contribution in [2.75, 3.05) is 21.3 Å². The van der Waals surface area contributed by atoms with Gasteiger partial charge in [-0.1, -0.05) is 12.1 Å². The van der Waals surface area contributed by atoms with E-state index >= 15 is 0 Å². The van der Waals surface area contributed by atoms with Crippen LogP contribution in [0.4, 0.5) is 13.2 Å². The highest BCUT2D eigenvalue weighted by Crippen LogP contribution is 2.33. The molecule has 0 N–H and O–H groups in total. The number of hydroxylamine groups is 2. The summed E-state index contributed by atoms with van der Waals surface area (Å²) < 4.78 is 43.7. The van der Waals surface area contributed by atoms with Gasteiger partial charge in [0.05, 0.1) is 31.0 Å². The molecule has 0 spiro atoms. The summed E-state index contributed by atoms with van der Waals surface area (Å²) in [4.78, 5) is 21.7. The van der Waals surface area contributed by atoms with Crippen LogP contribution >= 0.6 is 0 Å². The van der Waals surface area contributed by atoms with Crippen LogP contribution in [0.15, 0.2) is 48.5 Å². The number of fused-ring (bicyclic) bond motifs is 1. The predicted molar refractivity (Wildman–Crippen MR) is 97.8 cm³/mol. The lowest BCUT2D eigenvalue weighted by Crippen LogP contribution is -2.25. The Labute approximate surface area is 159 Å². The van der Waals surface area contributed by atoms with Crippen molar-refractivity contribution >= 4 is 16.8 Å². The number of amides is 1. The molecule has 0 aliphatic heterocycles. The second-order valence-electron chi connectivity index (χ2n) is 6.00. The predicted octanol–water partition coefficient (Wildman–Crippen LogP) is 4.56. The van der Waals surface area contributed by atoms with E-state index in [4.69, 9.17) is 9.57 Å². The molecule has 0 aliphatic carbocycles. The van der Waals surface area contributed by atoms with Crippen LogP contribution in [-0.2, 0) is 11.0 Å². The minimum absolute atomic E-state index is 0.356. The number of carbonyl (C=O) groups is 1. The Morgan fingerprint density at radius 2 is 1.71 bits per heavy atom. The van der Waals surface area contributed by atoms with Crippen LogP contribution in [0.5, 0.6) is 5.75 Å². The number of halogens is 3. The van der Waals surface area contributed by atoms with Crippen LogP contribution in [0.3, 0.4) is 0 Å². The number of aromatic nitrogens is 1. The van der Waals surface area contributed by atoms with Crippen LogP contribution < -0.4 is 4.74 Å². The lowest BCUT2D eigenvalue weighted by atomic mass is 10.0. The molecule has 0 saturated heterocycles. The van der Waals surface area contributed by atoms with Gasteiger partial charge in [0, 0.05) is 29.6 Å². The number of hydrogen-bond acceptors (Lipinski definition) is 4. The van der Waals surface area contributed by atoms with Gasteiger partial charge in [-0.2, -0.15) is 13.2 Å². The van der Waals surface area contributed by atoms with Gasteiger partial charge < -0.3 is 4.74 Å². The zero-order valence-electron chi connectivity index (χ0n) is 15.4. The normalized spacial score (nSPS) is 11.5. The van der Waals surface area contributed by atoms with E-state index in [1.165, 1.54) is 33.4 Å². The van der Waals surface area contributed by atoms with E-state index in [-0.39, 0.29) is 5.91 Å². The van der Waals surface area contributed by atoms with Crippen molar-refractivity contribution in [2.24, 2.45) is 0 Å². The smallest absolute Gasteiger partial charge is 0.416 e. The maximum absolute atomic E-state index is 12.8. The van der Waals surface area contributed by atoms with Gasteiger partial charge in [0.25, 0.3) is 5.91 Å². The van der Waals surface area contributed by atoms with Crippen molar-refractivity contribution in [3.63, 3.8) is 0 Å². The standard InChI is InChI=1S/C20H17F3N2O3/c1-25(28-3)19(26)13-6-9-15-17(10-13)24-16(11-18(15)27-2)12-4-7-14(8-5-12)20(21,22)23/h4-11H,1-3H3. The van der Waals surface area contributed by atoms with Crippen molar-refractivity contribution in [1.29, 1.82) is 0 Å². The van der Waals surface area contributed by atoms with E-state index in [1.807, 2.05) is 0 Å². The summed E-state index contributed by atoms with van der Waals surface area (Å²) in [5.41, 5.74) is 1.03. The molecule has 1 aromatic heterocycles. The summed E-state index contributed by atoms with van der Waals surface area (Å²) in [6, 6.07) is 11.3. The molecule has 3 rings (SSSR count). The Kier molecular flexibility index (Phi) is 5.24. The number of pyridine rings is 1. The third-order valence-corrected chi connectivity index (χ3v) is 4.31. The summed E-state index contributed by atoms with van der Waals surface area (Å²) in [5.74, 6) is 0.143. The van der Waals surface area contributed by atoms with Crippen molar-refractivity contribution in [1.82, 2.24) is 10.0 Å². The number of carbonyl (C=O) groups excluding carboxylic acids is 1. The average Bonchev–Trinajstić information content (AvgIpc) is 2.70. The Hall–Kier alpha value is -3.13. The molecule has 5 nitrogen and oxygen atoms in total. The molecule has 0 radical (unpaired) electrons. The number of benzene rings is 2. The Morgan fingerprint density at radius 1 is 1.04 bits per heavy atom. The summed E-state index contributed by atoms with van der Waals surface area (Å²) in [6.45, 7) is 0. The number of hydrogen-bond donors (Lipinski definition) is 0. The zero-order valence-corrected chi connectivity index (χ0v) is 15.4. The third kappa shape index (κ3) is 3.77. The van der Waals surface area contributed by atoms with Gasteiger partial charge in [-0.05, 0) is 30.3 Å². The van der Waals surface area contributed by atoms with Crippen LogP contribution in [0.1, 0.15) is 15.9 Å². The highest BCUT2D eigenvalue weighted by molar-refractivity contribution is 5.98. The van der Waals surface area contributed by atoms with E-state index in [0.29, 0.717) is 33.5 Å². The van der Waals surface area contributed by atoms with Crippen molar-refractivity contribution < 1.29 is 27.5 Å². The number of ether oxygens (including phenoxy) is 1. The number of alkyl halides is 3. The van der Waals surface area contributed by atoms with E-state index in [2.05, 4.69) is 4.98 Å². The fraction of sp³-hybridized carbons (Fsp3) is 0.200. The van der Waals surface area contributed by atoms with E-state index < -0.39 is 11.7 Å². The molecule has 146 valence electrons. The molecule has 8 heteroatoms. The highest BCUT2D eigenvalue weighted by Gasteiger charge is 2.30. The fourth-order valence-corrected chi connectivity index (χ4v) is 2.74. The maximum Gasteiger partial charge on any atom is 0.416 e. The Morgan fingerprint density at radius 3 is 2.29 bits per heavy atom. The largest absolute Gasteiger partial charge is 0.496 e. The first-order valence-electron chi connectivity index (χ1n) is 8.23. The van der Waals surface area contributed by atoms with Crippen molar-refractivity contribution in [3.05, 3.63) is 59.7 Å². The Bertz CT molecular complexity index is 1020. The minimum Gasteiger partial charge on any atom is -0.496 e. The van der Waals surface area contributed by atoms with Crippen molar-refractivity contribution in [3.8, 4) is 17.0 Å². The lowest BCUT2D eigenvalue weighted by Gasteiger charge is -2.15. The van der Waals surface area contributed by atoms with E-state index in [0.717, 1.165) is 17.2 Å². The van der Waals surface area contributed by atoms with E-state index in [9.17, 15) is 18.0 Å². The van der Waals surface area contributed by atoms with Crippen molar-refractivity contribution in [2.45, 2.75) is 6.18 Å². The Balaban J connectivity index is 2.09. The number of nitrogens with zero attached hydrogens (tertiary/aromatic N) is 2. The van der Waals surface area contributed by atoms with Gasteiger partial charge >= 0.3 is 6.18 Å². The van der Waals surface area contributed by atoms with Gasteiger partial charge in [0.15, 0.2) is 0 Å². The SMILES string of the molecule is COc1cc(-c2ccc(C(F)(F)F)cc2)nc2cc(C(=O)N(C)OC)ccc12. The summed E-state index contributed by atoms with van der Waals surface area (Å²) in [5, 5.41) is 1.76. The molecule has 0 atom stereocenters. The van der Waals surface area contributed by atoms with E-state index in [1.54, 1.807) is 24.3 Å². The number of methoxy groups -OCH3 is 1. The highest BCUT2D eigenvalue weighted by atomic mass is 19.4.